The molecule has 3 aromatic rings. The second-order valence-electron chi connectivity index (χ2n) is 5.64. The largest absolute Gasteiger partial charge is 0.419 e. The van der Waals surface area contributed by atoms with Gasteiger partial charge >= 0.3 is 5.76 Å². The van der Waals surface area contributed by atoms with Gasteiger partial charge in [0.1, 0.15) is 5.82 Å². The highest BCUT2D eigenvalue weighted by atomic mass is 19.1. The van der Waals surface area contributed by atoms with E-state index in [9.17, 15) is 14.0 Å². The third-order valence-corrected chi connectivity index (χ3v) is 3.85. The Morgan fingerprint density at radius 3 is 2.83 bits per heavy atom. The molecule has 0 aliphatic heterocycles. The zero-order valence-corrected chi connectivity index (χ0v) is 13.2. The first-order valence-corrected chi connectivity index (χ1v) is 7.62. The molecule has 1 aromatic heterocycles. The van der Waals surface area contributed by atoms with Gasteiger partial charge in [-0.2, -0.15) is 0 Å². The third kappa shape index (κ3) is 3.53. The first-order chi connectivity index (χ1) is 11.5. The lowest BCUT2D eigenvalue weighted by Crippen LogP contribution is -2.27. The summed E-state index contributed by atoms with van der Waals surface area (Å²) in [7, 11) is 1.65. The second-order valence-corrected chi connectivity index (χ2v) is 5.64. The number of carbonyl (C=O) groups is 1. The number of halogens is 1. The topological polar surface area (TPSA) is 64.2 Å². The Bertz CT molecular complexity index is 943. The van der Waals surface area contributed by atoms with Crippen LogP contribution in [0.3, 0.4) is 0 Å². The van der Waals surface area contributed by atoms with Crippen LogP contribution in [-0.2, 0) is 24.7 Å². The van der Waals surface area contributed by atoms with Crippen LogP contribution >= 0.6 is 0 Å². The second kappa shape index (κ2) is 6.70. The molecule has 3 rings (SSSR count). The fraction of sp³-hybridized carbons (Fsp3) is 0.222. The molecule has 1 amide bonds. The van der Waals surface area contributed by atoms with Gasteiger partial charge < -0.3 is 9.73 Å². The number of amides is 1. The molecule has 24 heavy (non-hydrogen) atoms. The van der Waals surface area contributed by atoms with Crippen LogP contribution in [0, 0.1) is 5.82 Å². The Morgan fingerprint density at radius 1 is 1.21 bits per heavy atom. The van der Waals surface area contributed by atoms with Crippen molar-refractivity contribution in [1.82, 2.24) is 9.88 Å². The minimum atomic E-state index is -0.398. The van der Waals surface area contributed by atoms with Crippen molar-refractivity contribution in [1.29, 1.82) is 0 Å². The molecule has 1 heterocycles. The molecule has 6 heteroatoms. The SMILES string of the molecule is Cn1c(=O)oc2ccc(CCNC(=O)Cc3cccc(F)c3)cc21. The highest BCUT2D eigenvalue weighted by molar-refractivity contribution is 5.78. The Balaban J connectivity index is 1.57. The summed E-state index contributed by atoms with van der Waals surface area (Å²) in [6.07, 6.45) is 0.775. The van der Waals surface area contributed by atoms with Gasteiger partial charge in [-0.25, -0.2) is 9.18 Å². The van der Waals surface area contributed by atoms with Gasteiger partial charge in [-0.15, -0.1) is 0 Å². The van der Waals surface area contributed by atoms with E-state index in [0.29, 0.717) is 24.1 Å². The van der Waals surface area contributed by atoms with E-state index in [2.05, 4.69) is 5.32 Å². The first kappa shape index (κ1) is 16.0. The van der Waals surface area contributed by atoms with Crippen LogP contribution < -0.4 is 11.1 Å². The number of hydrogen-bond acceptors (Lipinski definition) is 3. The van der Waals surface area contributed by atoms with Crippen LogP contribution in [0.4, 0.5) is 4.39 Å². The van der Waals surface area contributed by atoms with Crippen molar-refractivity contribution in [3.05, 3.63) is 70.0 Å². The summed E-state index contributed by atoms with van der Waals surface area (Å²) in [5.41, 5.74) is 2.90. The molecular weight excluding hydrogens is 311 g/mol. The van der Waals surface area contributed by atoms with Gasteiger partial charge in [0.05, 0.1) is 11.9 Å². The highest BCUT2D eigenvalue weighted by Gasteiger charge is 2.07. The molecule has 0 radical (unpaired) electrons. The zero-order chi connectivity index (χ0) is 17.1. The van der Waals surface area contributed by atoms with Crippen molar-refractivity contribution in [3.63, 3.8) is 0 Å². The predicted octanol–water partition coefficient (Wildman–Crippen LogP) is 2.17. The van der Waals surface area contributed by atoms with Gasteiger partial charge in [-0.05, 0) is 41.8 Å². The number of aromatic nitrogens is 1. The van der Waals surface area contributed by atoms with Gasteiger partial charge in [0.15, 0.2) is 5.58 Å². The van der Waals surface area contributed by atoms with Crippen molar-refractivity contribution in [2.45, 2.75) is 12.8 Å². The van der Waals surface area contributed by atoms with Crippen LogP contribution in [0.5, 0.6) is 0 Å². The van der Waals surface area contributed by atoms with E-state index in [1.807, 2.05) is 12.1 Å². The molecule has 0 aliphatic carbocycles. The Morgan fingerprint density at radius 2 is 2.04 bits per heavy atom. The van der Waals surface area contributed by atoms with E-state index in [-0.39, 0.29) is 18.1 Å². The van der Waals surface area contributed by atoms with Crippen molar-refractivity contribution in [2.75, 3.05) is 6.54 Å². The van der Waals surface area contributed by atoms with Crippen LogP contribution in [-0.4, -0.2) is 17.0 Å². The number of nitrogens with one attached hydrogen (secondary N) is 1. The van der Waals surface area contributed by atoms with Crippen molar-refractivity contribution >= 4 is 17.0 Å². The molecule has 0 unspecified atom stereocenters. The molecule has 5 nitrogen and oxygen atoms in total. The molecule has 0 aliphatic rings. The molecule has 0 atom stereocenters. The standard InChI is InChI=1S/C18H17FN2O3/c1-21-15-10-12(5-6-16(15)24-18(21)23)7-8-20-17(22)11-13-3-2-4-14(19)9-13/h2-6,9-10H,7-8,11H2,1H3,(H,20,22). The van der Waals surface area contributed by atoms with Gasteiger partial charge in [0.25, 0.3) is 0 Å². The molecule has 0 saturated carbocycles. The fourth-order valence-electron chi connectivity index (χ4n) is 2.57. The Hall–Kier alpha value is -2.89. The monoisotopic (exact) mass is 328 g/mol. The van der Waals surface area contributed by atoms with Gasteiger partial charge in [-0.1, -0.05) is 18.2 Å². The number of benzene rings is 2. The van der Waals surface area contributed by atoms with Gasteiger partial charge in [-0.3, -0.25) is 9.36 Å². The Labute approximate surface area is 137 Å². The summed E-state index contributed by atoms with van der Waals surface area (Å²) in [5.74, 6) is -0.901. The minimum absolute atomic E-state index is 0.146. The lowest BCUT2D eigenvalue weighted by Gasteiger charge is -2.06. The van der Waals surface area contributed by atoms with Crippen LogP contribution in [0.15, 0.2) is 51.7 Å². The number of nitrogens with zero attached hydrogens (tertiary/aromatic N) is 1. The summed E-state index contributed by atoms with van der Waals surface area (Å²) >= 11 is 0. The molecule has 0 bridgehead atoms. The van der Waals surface area contributed by atoms with Crippen molar-refractivity contribution in [3.8, 4) is 0 Å². The summed E-state index contributed by atoms with van der Waals surface area (Å²) < 4.78 is 19.6. The maximum absolute atomic E-state index is 13.1. The minimum Gasteiger partial charge on any atom is -0.408 e. The average molecular weight is 328 g/mol. The molecule has 0 fully saturated rings. The van der Waals surface area contributed by atoms with Crippen LogP contribution in [0.25, 0.3) is 11.1 Å². The van der Waals surface area contributed by atoms with E-state index in [4.69, 9.17) is 4.42 Å². The number of aryl methyl sites for hydroxylation is 1. The van der Waals surface area contributed by atoms with Crippen molar-refractivity contribution in [2.24, 2.45) is 7.05 Å². The predicted molar refractivity (Wildman–Crippen MR) is 88.3 cm³/mol. The summed E-state index contributed by atoms with van der Waals surface area (Å²) in [6.45, 7) is 0.464. The smallest absolute Gasteiger partial charge is 0.408 e. The number of hydrogen-bond donors (Lipinski definition) is 1. The molecule has 124 valence electrons. The highest BCUT2D eigenvalue weighted by Crippen LogP contribution is 2.14. The van der Waals surface area contributed by atoms with E-state index in [1.165, 1.54) is 16.7 Å². The van der Waals surface area contributed by atoms with E-state index in [0.717, 1.165) is 11.1 Å². The van der Waals surface area contributed by atoms with E-state index in [1.54, 1.807) is 25.2 Å². The van der Waals surface area contributed by atoms with Crippen LogP contribution in [0.1, 0.15) is 11.1 Å². The van der Waals surface area contributed by atoms with Gasteiger partial charge in [0, 0.05) is 13.6 Å². The number of fused-ring (bicyclic) bond motifs is 1. The quantitative estimate of drug-likeness (QED) is 0.781. The number of oxazole rings is 1. The third-order valence-electron chi connectivity index (χ3n) is 3.85. The van der Waals surface area contributed by atoms with Gasteiger partial charge in [0.2, 0.25) is 5.91 Å². The van der Waals surface area contributed by atoms with E-state index >= 15 is 0 Å². The van der Waals surface area contributed by atoms with Crippen LogP contribution in [0.2, 0.25) is 0 Å². The molecule has 0 saturated heterocycles. The lowest BCUT2D eigenvalue weighted by molar-refractivity contribution is -0.120. The molecule has 0 spiro atoms. The molecular formula is C18H17FN2O3. The Kier molecular flexibility index (Phi) is 4.46. The number of carbonyl (C=O) groups excluding carboxylic acids is 1. The average Bonchev–Trinajstić information content (AvgIpc) is 2.82. The fourth-order valence-corrected chi connectivity index (χ4v) is 2.57. The summed E-state index contributed by atoms with van der Waals surface area (Å²) in [4.78, 5) is 23.4. The lowest BCUT2D eigenvalue weighted by atomic mass is 10.1. The summed E-state index contributed by atoms with van der Waals surface area (Å²) in [6, 6.07) is 11.5. The molecule has 2 aromatic carbocycles. The van der Waals surface area contributed by atoms with Crippen molar-refractivity contribution < 1.29 is 13.6 Å². The first-order valence-electron chi connectivity index (χ1n) is 7.62. The molecule has 1 N–H and O–H groups in total. The number of rotatable bonds is 5. The summed E-state index contributed by atoms with van der Waals surface area (Å²) in [5, 5.41) is 2.81. The normalized spacial score (nSPS) is 10.9. The maximum Gasteiger partial charge on any atom is 0.419 e. The zero-order valence-electron chi connectivity index (χ0n) is 13.2. The van der Waals surface area contributed by atoms with E-state index < -0.39 is 5.76 Å². The maximum atomic E-state index is 13.1.